The van der Waals surface area contributed by atoms with Crippen molar-refractivity contribution in [2.75, 3.05) is 26.4 Å². The number of allylic oxidation sites excluding steroid dienone is 4. The van der Waals surface area contributed by atoms with Gasteiger partial charge in [0.2, 0.25) is 0 Å². The Bertz CT molecular complexity index is 1220. The lowest BCUT2D eigenvalue weighted by Crippen LogP contribution is -2.61. The maximum Gasteiger partial charge on any atom is 0.306 e. The fourth-order valence-electron chi connectivity index (χ4n) is 7.72. The SMILES string of the molecule is CCCC/C=C/CCCCCCCC(=O)O[C@@H](COC(=O)CCCCCCCCC/C=C/CCCCCCCC)CO[C@@H]1O[C@H](CO[C@@H]2O[C@H](CO)[C@H](O)C(O)C2O)[C@H](O)C(O)C1O. The van der Waals surface area contributed by atoms with E-state index in [1.807, 2.05) is 0 Å². The fourth-order valence-corrected chi connectivity index (χ4v) is 7.72. The van der Waals surface area contributed by atoms with E-state index >= 15 is 0 Å². The van der Waals surface area contributed by atoms with Gasteiger partial charge in [0.05, 0.1) is 19.8 Å². The van der Waals surface area contributed by atoms with Crippen molar-refractivity contribution in [1.29, 1.82) is 0 Å². The van der Waals surface area contributed by atoms with Gasteiger partial charge in [0, 0.05) is 12.8 Å². The summed E-state index contributed by atoms with van der Waals surface area (Å²) in [6.07, 6.45) is 19.3. The van der Waals surface area contributed by atoms with E-state index in [1.165, 1.54) is 77.0 Å². The third-order valence-corrected chi connectivity index (χ3v) is 11.9. The highest BCUT2D eigenvalue weighted by atomic mass is 16.7. The summed E-state index contributed by atoms with van der Waals surface area (Å²) in [7, 11) is 0. The van der Waals surface area contributed by atoms with E-state index in [0.717, 1.165) is 64.2 Å². The number of hydrogen-bond donors (Lipinski definition) is 7. The number of carbonyl (C=O) groups excluding carboxylic acids is 2. The van der Waals surface area contributed by atoms with Gasteiger partial charge in [0.1, 0.15) is 55.4 Å². The van der Waals surface area contributed by atoms with Crippen molar-refractivity contribution >= 4 is 11.9 Å². The summed E-state index contributed by atoms with van der Waals surface area (Å²) < 4.78 is 33.5. The molecule has 2 heterocycles. The highest BCUT2D eigenvalue weighted by Gasteiger charge is 2.47. The molecule has 15 heteroatoms. The minimum atomic E-state index is -1.76. The molecule has 2 saturated heterocycles. The lowest BCUT2D eigenvalue weighted by molar-refractivity contribution is -0.332. The zero-order chi connectivity index (χ0) is 46.8. The summed E-state index contributed by atoms with van der Waals surface area (Å²) in [5, 5.41) is 71.9. The molecule has 0 bridgehead atoms. The van der Waals surface area contributed by atoms with Crippen LogP contribution in [0, 0.1) is 0 Å². The quantitative estimate of drug-likeness (QED) is 0.0203. The van der Waals surface area contributed by atoms with Crippen molar-refractivity contribution in [3.63, 3.8) is 0 Å². The highest BCUT2D eigenvalue weighted by Crippen LogP contribution is 2.26. The van der Waals surface area contributed by atoms with E-state index in [9.17, 15) is 45.3 Å². The largest absolute Gasteiger partial charge is 0.462 e. The third-order valence-electron chi connectivity index (χ3n) is 11.9. The topological polar surface area (TPSA) is 231 Å². The standard InChI is InChI=1S/C49H88O15/c1-3-5-7-9-11-13-15-16-17-18-19-20-22-23-25-27-29-31-40(51)59-34-37(62-41(52)32-30-28-26-24-21-14-12-10-8-6-4-2)35-60-48-47(58)45(56)43(54)39(64-48)36-61-49-46(57)44(55)42(53)38(33-50)63-49/h10,12,16-17,37-39,42-50,53-58H,3-9,11,13-15,18-36H2,1-2H3/b12-10+,17-16+/t37-,38+,39+,42-,43-,44?,45?,46?,47?,48+,49+/m0/s1. The van der Waals surface area contributed by atoms with Gasteiger partial charge in [-0.25, -0.2) is 0 Å². The summed E-state index contributed by atoms with van der Waals surface area (Å²) in [5.41, 5.74) is 0. The second-order valence-corrected chi connectivity index (χ2v) is 17.6. The van der Waals surface area contributed by atoms with Crippen LogP contribution in [0.3, 0.4) is 0 Å². The minimum absolute atomic E-state index is 0.155. The van der Waals surface area contributed by atoms with E-state index in [-0.39, 0.29) is 26.1 Å². The zero-order valence-corrected chi connectivity index (χ0v) is 39.3. The fraction of sp³-hybridized carbons (Fsp3) is 0.878. The van der Waals surface area contributed by atoms with Crippen molar-refractivity contribution in [2.45, 2.75) is 248 Å². The smallest absolute Gasteiger partial charge is 0.306 e. The first kappa shape index (κ1) is 58.1. The van der Waals surface area contributed by atoms with Crippen molar-refractivity contribution < 1.29 is 73.8 Å². The van der Waals surface area contributed by atoms with Crippen LogP contribution in [0.25, 0.3) is 0 Å². The molecule has 2 aliphatic heterocycles. The van der Waals surface area contributed by atoms with Crippen molar-refractivity contribution in [1.82, 2.24) is 0 Å². The van der Waals surface area contributed by atoms with E-state index in [2.05, 4.69) is 38.2 Å². The molecule has 0 saturated carbocycles. The zero-order valence-electron chi connectivity index (χ0n) is 39.3. The average molecular weight is 917 g/mol. The Kier molecular flexibility index (Phi) is 33.6. The molecule has 0 aromatic carbocycles. The Morgan fingerprint density at radius 3 is 1.42 bits per heavy atom. The Balaban J connectivity index is 1.81. The van der Waals surface area contributed by atoms with Gasteiger partial charge in [0.25, 0.3) is 0 Å². The third kappa shape index (κ3) is 25.2. The monoisotopic (exact) mass is 917 g/mol. The summed E-state index contributed by atoms with van der Waals surface area (Å²) >= 11 is 0. The molecular weight excluding hydrogens is 829 g/mol. The maximum absolute atomic E-state index is 12.9. The molecular formula is C49H88O15. The van der Waals surface area contributed by atoms with E-state index < -0.39 is 92.7 Å². The van der Waals surface area contributed by atoms with Crippen molar-refractivity contribution in [2.24, 2.45) is 0 Å². The van der Waals surface area contributed by atoms with Gasteiger partial charge in [-0.2, -0.15) is 0 Å². The molecule has 4 unspecified atom stereocenters. The van der Waals surface area contributed by atoms with E-state index in [0.29, 0.717) is 12.8 Å². The lowest BCUT2D eigenvalue weighted by Gasteiger charge is -2.42. The van der Waals surface area contributed by atoms with Crippen LogP contribution in [0.1, 0.15) is 181 Å². The lowest BCUT2D eigenvalue weighted by atomic mass is 9.98. The molecule has 2 rings (SSSR count). The number of esters is 2. The number of aliphatic hydroxyl groups is 7. The van der Waals surface area contributed by atoms with Gasteiger partial charge in [0.15, 0.2) is 18.7 Å². The average Bonchev–Trinajstić information content (AvgIpc) is 3.29. The number of carbonyl (C=O) groups is 2. The summed E-state index contributed by atoms with van der Waals surface area (Å²) in [6, 6.07) is 0. The van der Waals surface area contributed by atoms with Gasteiger partial charge in [-0.1, -0.05) is 134 Å². The number of aliphatic hydroxyl groups excluding tert-OH is 7. The first-order chi connectivity index (χ1) is 31.0. The van der Waals surface area contributed by atoms with Crippen LogP contribution >= 0.6 is 0 Å². The van der Waals surface area contributed by atoms with Crippen LogP contribution in [0.15, 0.2) is 24.3 Å². The molecule has 0 aliphatic carbocycles. The first-order valence-corrected chi connectivity index (χ1v) is 24.9. The Morgan fingerprint density at radius 1 is 0.484 bits per heavy atom. The van der Waals surface area contributed by atoms with Crippen LogP contribution in [0.2, 0.25) is 0 Å². The van der Waals surface area contributed by atoms with Crippen molar-refractivity contribution in [3.05, 3.63) is 24.3 Å². The van der Waals surface area contributed by atoms with Gasteiger partial charge in [-0.3, -0.25) is 9.59 Å². The molecule has 11 atom stereocenters. The van der Waals surface area contributed by atoms with Gasteiger partial charge >= 0.3 is 11.9 Å². The number of ether oxygens (including phenoxy) is 6. The summed E-state index contributed by atoms with van der Waals surface area (Å²) in [6.45, 7) is 2.53. The molecule has 374 valence electrons. The molecule has 0 aromatic rings. The highest BCUT2D eigenvalue weighted by molar-refractivity contribution is 5.70. The normalized spacial score (nSPS) is 26.8. The number of hydrogen-bond acceptors (Lipinski definition) is 15. The van der Waals surface area contributed by atoms with E-state index in [1.54, 1.807) is 0 Å². The first-order valence-electron chi connectivity index (χ1n) is 24.9. The van der Waals surface area contributed by atoms with Gasteiger partial charge < -0.3 is 64.2 Å². The minimum Gasteiger partial charge on any atom is -0.462 e. The van der Waals surface area contributed by atoms with Crippen molar-refractivity contribution in [3.8, 4) is 0 Å². The summed E-state index contributed by atoms with van der Waals surface area (Å²) in [4.78, 5) is 25.7. The van der Waals surface area contributed by atoms with Crippen LogP contribution in [-0.4, -0.2) is 142 Å². The van der Waals surface area contributed by atoms with Crippen LogP contribution in [0.5, 0.6) is 0 Å². The second kappa shape index (κ2) is 37.0. The molecule has 15 nitrogen and oxygen atoms in total. The molecule has 0 spiro atoms. The van der Waals surface area contributed by atoms with Gasteiger partial charge in [-0.15, -0.1) is 0 Å². The molecule has 7 N–H and O–H groups in total. The molecule has 2 fully saturated rings. The Hall–Kier alpha value is -2.02. The number of rotatable bonds is 38. The van der Waals surface area contributed by atoms with Crippen LogP contribution < -0.4 is 0 Å². The summed E-state index contributed by atoms with van der Waals surface area (Å²) in [5.74, 6) is -0.939. The maximum atomic E-state index is 12.9. The Morgan fingerprint density at radius 2 is 0.906 bits per heavy atom. The molecule has 0 aromatic heterocycles. The van der Waals surface area contributed by atoms with E-state index in [4.69, 9.17) is 28.4 Å². The molecule has 2 aliphatic rings. The van der Waals surface area contributed by atoms with Crippen LogP contribution in [0.4, 0.5) is 0 Å². The van der Waals surface area contributed by atoms with Crippen LogP contribution in [-0.2, 0) is 38.0 Å². The predicted molar refractivity (Wildman–Crippen MR) is 243 cm³/mol. The molecule has 64 heavy (non-hydrogen) atoms. The predicted octanol–water partition coefficient (Wildman–Crippen LogP) is 6.38. The molecule has 0 amide bonds. The van der Waals surface area contributed by atoms with Gasteiger partial charge in [-0.05, 0) is 57.8 Å². The Labute approximate surface area is 383 Å². The number of unbranched alkanes of at least 4 members (excludes halogenated alkanes) is 20. The molecule has 0 radical (unpaired) electrons. The second-order valence-electron chi connectivity index (χ2n) is 17.6.